The number of carbonyl (C=O) groups excluding carboxylic acids is 1. The van der Waals surface area contributed by atoms with E-state index in [4.69, 9.17) is 11.6 Å². The fourth-order valence-electron chi connectivity index (χ4n) is 1.72. The Hall–Kier alpha value is -1.35. The molecule has 0 aliphatic heterocycles. The topological polar surface area (TPSA) is 34.9 Å². The van der Waals surface area contributed by atoms with Crippen LogP contribution in [0.4, 0.5) is 0 Å². The van der Waals surface area contributed by atoms with Crippen molar-refractivity contribution in [2.75, 3.05) is 5.88 Å². The van der Waals surface area contributed by atoms with Crippen molar-refractivity contribution in [3.63, 3.8) is 0 Å². The van der Waals surface area contributed by atoms with Gasteiger partial charge in [0.05, 0.1) is 11.0 Å². The van der Waals surface area contributed by atoms with Crippen molar-refractivity contribution >= 4 is 28.4 Å². The Morgan fingerprint density at radius 2 is 2.25 bits per heavy atom. The van der Waals surface area contributed by atoms with Gasteiger partial charge in [-0.3, -0.25) is 4.79 Å². The van der Waals surface area contributed by atoms with Gasteiger partial charge in [-0.15, -0.1) is 11.6 Å². The molecule has 1 heterocycles. The van der Waals surface area contributed by atoms with Crippen molar-refractivity contribution in [2.24, 2.45) is 7.05 Å². The number of Topliss-reactive ketones (excluding diaryl/α,β-unsaturated/α-hetero) is 1. The zero-order valence-corrected chi connectivity index (χ0v) is 10.1. The van der Waals surface area contributed by atoms with Crippen LogP contribution in [-0.2, 0) is 7.05 Å². The maximum Gasteiger partial charge on any atom is 0.164 e. The minimum absolute atomic E-state index is 0.0696. The van der Waals surface area contributed by atoms with E-state index in [1.807, 2.05) is 36.7 Å². The van der Waals surface area contributed by atoms with Gasteiger partial charge in [0, 0.05) is 24.9 Å². The normalized spacial score (nSPS) is 10.9. The van der Waals surface area contributed by atoms with Gasteiger partial charge in [0.2, 0.25) is 0 Å². The van der Waals surface area contributed by atoms with E-state index in [1.54, 1.807) is 0 Å². The number of hydrogen-bond donors (Lipinski definition) is 0. The second-order valence-electron chi connectivity index (χ2n) is 3.78. The highest BCUT2D eigenvalue weighted by atomic mass is 35.5. The Morgan fingerprint density at radius 1 is 1.50 bits per heavy atom. The van der Waals surface area contributed by atoms with E-state index in [-0.39, 0.29) is 5.78 Å². The predicted octanol–water partition coefficient (Wildman–Crippen LogP) is 2.69. The van der Waals surface area contributed by atoms with E-state index in [1.165, 1.54) is 0 Å². The lowest BCUT2D eigenvalue weighted by atomic mass is 10.1. The van der Waals surface area contributed by atoms with Gasteiger partial charge in [-0.2, -0.15) is 0 Å². The molecule has 0 saturated heterocycles. The number of nitrogens with zero attached hydrogens (tertiary/aromatic N) is 2. The summed E-state index contributed by atoms with van der Waals surface area (Å²) in [6.07, 6.45) is 0.374. The number of carbonyl (C=O) groups is 1. The Morgan fingerprint density at radius 3 is 2.94 bits per heavy atom. The van der Waals surface area contributed by atoms with E-state index in [9.17, 15) is 4.79 Å². The molecule has 1 aromatic carbocycles. The molecule has 1 aromatic heterocycles. The smallest absolute Gasteiger partial charge is 0.164 e. The molecule has 3 nitrogen and oxygen atoms in total. The van der Waals surface area contributed by atoms with Crippen LogP contribution in [0.3, 0.4) is 0 Å². The second-order valence-corrected chi connectivity index (χ2v) is 4.16. The third kappa shape index (κ3) is 1.83. The molecule has 84 valence electrons. The number of hydrogen-bond acceptors (Lipinski definition) is 2. The minimum atomic E-state index is 0.0696. The molecule has 2 rings (SSSR count). The molecule has 16 heavy (non-hydrogen) atoms. The molecule has 0 fully saturated rings. The summed E-state index contributed by atoms with van der Waals surface area (Å²) in [6, 6.07) is 5.59. The summed E-state index contributed by atoms with van der Waals surface area (Å²) in [5, 5.41) is 0. The van der Waals surface area contributed by atoms with Gasteiger partial charge in [-0.05, 0) is 25.1 Å². The van der Waals surface area contributed by atoms with Crippen molar-refractivity contribution < 1.29 is 4.79 Å². The van der Waals surface area contributed by atoms with Crippen LogP contribution in [0.5, 0.6) is 0 Å². The molecule has 4 heteroatoms. The Kier molecular flexibility index (Phi) is 2.97. The Labute approximate surface area is 99.0 Å². The first-order chi connectivity index (χ1) is 7.63. The highest BCUT2D eigenvalue weighted by Crippen LogP contribution is 2.17. The maximum absolute atomic E-state index is 11.7. The molecule has 0 aliphatic carbocycles. The third-order valence-corrected chi connectivity index (χ3v) is 2.94. The third-order valence-electron chi connectivity index (χ3n) is 2.75. The van der Waals surface area contributed by atoms with E-state index in [0.29, 0.717) is 17.9 Å². The summed E-state index contributed by atoms with van der Waals surface area (Å²) >= 11 is 5.55. The molecule has 0 bridgehead atoms. The van der Waals surface area contributed by atoms with Crippen molar-refractivity contribution in [1.29, 1.82) is 0 Å². The largest absolute Gasteiger partial charge is 0.331 e. The average Bonchev–Trinajstić information content (AvgIpc) is 2.55. The number of aromatic nitrogens is 2. The molecule has 2 aromatic rings. The quantitative estimate of drug-likeness (QED) is 0.607. The molecule has 0 spiro atoms. The molecule has 0 amide bonds. The summed E-state index contributed by atoms with van der Waals surface area (Å²) in [5.41, 5.74) is 2.59. The van der Waals surface area contributed by atoms with Gasteiger partial charge in [0.1, 0.15) is 5.82 Å². The summed E-state index contributed by atoms with van der Waals surface area (Å²) in [4.78, 5) is 16.1. The molecule has 0 saturated carbocycles. The Bertz CT molecular complexity index is 545. The number of fused-ring (bicyclic) bond motifs is 1. The van der Waals surface area contributed by atoms with Crippen LogP contribution < -0.4 is 0 Å². The number of halogens is 1. The van der Waals surface area contributed by atoms with Gasteiger partial charge in [0.25, 0.3) is 0 Å². The van der Waals surface area contributed by atoms with Crippen LogP contribution >= 0.6 is 11.6 Å². The number of imidazole rings is 1. The van der Waals surface area contributed by atoms with Gasteiger partial charge in [0.15, 0.2) is 5.78 Å². The standard InChI is InChI=1S/C12H13ClN2O/c1-8-14-10-7-9(12(16)5-6-13)3-4-11(10)15(8)2/h3-4,7H,5-6H2,1-2H3. The van der Waals surface area contributed by atoms with E-state index < -0.39 is 0 Å². The summed E-state index contributed by atoms with van der Waals surface area (Å²) in [5.74, 6) is 1.37. The van der Waals surface area contributed by atoms with E-state index >= 15 is 0 Å². The van der Waals surface area contributed by atoms with Gasteiger partial charge in [-0.1, -0.05) is 0 Å². The first-order valence-electron chi connectivity index (χ1n) is 5.15. The predicted molar refractivity (Wildman–Crippen MR) is 65.1 cm³/mol. The maximum atomic E-state index is 11.7. The summed E-state index contributed by atoms with van der Waals surface area (Å²) < 4.78 is 2.01. The second kappa shape index (κ2) is 4.26. The lowest BCUT2D eigenvalue weighted by molar-refractivity contribution is 0.0989. The van der Waals surface area contributed by atoms with E-state index in [2.05, 4.69) is 4.98 Å². The molecule has 0 radical (unpaired) electrons. The van der Waals surface area contributed by atoms with Crippen molar-refractivity contribution in [2.45, 2.75) is 13.3 Å². The fourth-order valence-corrected chi connectivity index (χ4v) is 1.90. The highest BCUT2D eigenvalue weighted by Gasteiger charge is 2.09. The van der Waals surface area contributed by atoms with Crippen LogP contribution in [0.2, 0.25) is 0 Å². The first-order valence-corrected chi connectivity index (χ1v) is 5.69. The molecule has 0 atom stereocenters. The van der Waals surface area contributed by atoms with Crippen LogP contribution in [-0.4, -0.2) is 21.2 Å². The van der Waals surface area contributed by atoms with E-state index in [0.717, 1.165) is 16.9 Å². The lowest BCUT2D eigenvalue weighted by Crippen LogP contribution is -1.99. The lowest BCUT2D eigenvalue weighted by Gasteiger charge is -1.99. The number of aryl methyl sites for hydroxylation is 2. The Balaban J connectivity index is 2.48. The monoisotopic (exact) mass is 236 g/mol. The zero-order valence-electron chi connectivity index (χ0n) is 9.33. The van der Waals surface area contributed by atoms with Gasteiger partial charge >= 0.3 is 0 Å². The number of alkyl halides is 1. The molecule has 0 N–H and O–H groups in total. The molecular weight excluding hydrogens is 224 g/mol. The van der Waals surface area contributed by atoms with Crippen molar-refractivity contribution in [3.05, 3.63) is 29.6 Å². The highest BCUT2D eigenvalue weighted by molar-refractivity contribution is 6.19. The van der Waals surface area contributed by atoms with Crippen LogP contribution in [0, 0.1) is 6.92 Å². The number of benzene rings is 1. The fraction of sp³-hybridized carbons (Fsp3) is 0.333. The molecular formula is C12H13ClN2O. The van der Waals surface area contributed by atoms with Crippen LogP contribution in [0.25, 0.3) is 11.0 Å². The zero-order chi connectivity index (χ0) is 11.7. The first kappa shape index (κ1) is 11.1. The van der Waals surface area contributed by atoms with Crippen LogP contribution in [0.15, 0.2) is 18.2 Å². The molecule has 0 aliphatic rings. The van der Waals surface area contributed by atoms with Crippen molar-refractivity contribution in [1.82, 2.24) is 9.55 Å². The molecule has 0 unspecified atom stereocenters. The summed E-state index contributed by atoms with van der Waals surface area (Å²) in [7, 11) is 1.96. The summed E-state index contributed by atoms with van der Waals surface area (Å²) in [6.45, 7) is 1.94. The number of ketones is 1. The van der Waals surface area contributed by atoms with Crippen molar-refractivity contribution in [3.8, 4) is 0 Å². The van der Waals surface area contributed by atoms with Gasteiger partial charge in [-0.25, -0.2) is 4.98 Å². The van der Waals surface area contributed by atoms with Gasteiger partial charge < -0.3 is 4.57 Å². The van der Waals surface area contributed by atoms with Crippen LogP contribution in [0.1, 0.15) is 22.6 Å². The minimum Gasteiger partial charge on any atom is -0.331 e. The SMILES string of the molecule is Cc1nc2cc(C(=O)CCCl)ccc2n1C. The average molecular weight is 237 g/mol. The number of rotatable bonds is 3.